The quantitative estimate of drug-likeness (QED) is 0.811. The maximum atomic E-state index is 3.79. The highest BCUT2D eigenvalue weighted by Gasteiger charge is 2.26. The van der Waals surface area contributed by atoms with Gasteiger partial charge in [-0.25, -0.2) is 0 Å². The van der Waals surface area contributed by atoms with E-state index in [0.717, 1.165) is 31.5 Å². The molecular weight excluding hydrogens is 256 g/mol. The van der Waals surface area contributed by atoms with Crippen LogP contribution < -0.4 is 5.32 Å². The fourth-order valence-corrected chi connectivity index (χ4v) is 3.46. The number of hydrogen-bond donors (Lipinski definition) is 1. The van der Waals surface area contributed by atoms with Gasteiger partial charge in [-0.3, -0.25) is 4.90 Å². The SMILES string of the molecule is CCN(CC)Cc1cccc(NC2CCCC(C)C2C)c1. The smallest absolute Gasteiger partial charge is 0.0345 e. The molecule has 0 amide bonds. The Bertz CT molecular complexity index is 425. The van der Waals surface area contributed by atoms with Crippen molar-refractivity contribution in [2.24, 2.45) is 11.8 Å². The Balaban J connectivity index is 2.00. The lowest BCUT2D eigenvalue weighted by Crippen LogP contribution is -2.35. The summed E-state index contributed by atoms with van der Waals surface area (Å²) in [7, 11) is 0. The topological polar surface area (TPSA) is 15.3 Å². The van der Waals surface area contributed by atoms with E-state index in [0.29, 0.717) is 6.04 Å². The van der Waals surface area contributed by atoms with Crippen molar-refractivity contribution < 1.29 is 0 Å². The highest BCUT2D eigenvalue weighted by molar-refractivity contribution is 5.46. The first-order valence-electron chi connectivity index (χ1n) is 8.71. The molecule has 2 nitrogen and oxygen atoms in total. The standard InChI is InChI=1S/C19H32N2/c1-5-21(6-2)14-17-10-8-11-18(13-17)20-19-12-7-9-15(3)16(19)4/h8,10-11,13,15-16,19-20H,5-7,9,12,14H2,1-4H3. The summed E-state index contributed by atoms with van der Waals surface area (Å²) in [6.45, 7) is 12.6. The molecule has 3 atom stereocenters. The molecule has 1 aromatic carbocycles. The van der Waals surface area contributed by atoms with Crippen molar-refractivity contribution in [1.29, 1.82) is 0 Å². The third kappa shape index (κ3) is 4.47. The highest BCUT2D eigenvalue weighted by Crippen LogP contribution is 2.31. The highest BCUT2D eigenvalue weighted by atomic mass is 15.1. The van der Waals surface area contributed by atoms with E-state index in [1.54, 1.807) is 0 Å². The molecule has 1 aromatic rings. The van der Waals surface area contributed by atoms with Crippen LogP contribution in [0.2, 0.25) is 0 Å². The van der Waals surface area contributed by atoms with Crippen LogP contribution in [-0.2, 0) is 6.54 Å². The van der Waals surface area contributed by atoms with Crippen molar-refractivity contribution in [3.8, 4) is 0 Å². The Kier molecular flexibility index (Phi) is 6.10. The molecule has 0 heterocycles. The monoisotopic (exact) mass is 288 g/mol. The van der Waals surface area contributed by atoms with Crippen LogP contribution in [0.1, 0.15) is 52.5 Å². The van der Waals surface area contributed by atoms with Gasteiger partial charge in [-0.2, -0.15) is 0 Å². The Labute approximate surface area is 130 Å². The van der Waals surface area contributed by atoms with E-state index < -0.39 is 0 Å². The van der Waals surface area contributed by atoms with E-state index in [9.17, 15) is 0 Å². The van der Waals surface area contributed by atoms with Gasteiger partial charge in [0.2, 0.25) is 0 Å². The van der Waals surface area contributed by atoms with E-state index in [1.165, 1.54) is 30.5 Å². The molecule has 0 spiro atoms. The van der Waals surface area contributed by atoms with Crippen LogP contribution in [0.3, 0.4) is 0 Å². The molecule has 1 N–H and O–H groups in total. The van der Waals surface area contributed by atoms with Crippen molar-refractivity contribution >= 4 is 5.69 Å². The summed E-state index contributed by atoms with van der Waals surface area (Å²) in [5.41, 5.74) is 2.71. The molecule has 3 unspecified atom stereocenters. The van der Waals surface area contributed by atoms with E-state index in [2.05, 4.69) is 62.2 Å². The second kappa shape index (κ2) is 7.84. The molecule has 0 aliphatic heterocycles. The van der Waals surface area contributed by atoms with E-state index in [1.807, 2.05) is 0 Å². The van der Waals surface area contributed by atoms with Gasteiger partial charge >= 0.3 is 0 Å². The number of anilines is 1. The lowest BCUT2D eigenvalue weighted by Gasteiger charge is -2.35. The Hall–Kier alpha value is -1.02. The molecule has 0 aromatic heterocycles. The second-order valence-electron chi connectivity index (χ2n) is 6.68. The largest absolute Gasteiger partial charge is 0.382 e. The van der Waals surface area contributed by atoms with Crippen molar-refractivity contribution in [2.75, 3.05) is 18.4 Å². The molecule has 0 saturated heterocycles. The normalized spacial score (nSPS) is 26.0. The molecule has 0 radical (unpaired) electrons. The van der Waals surface area contributed by atoms with Gasteiger partial charge in [0, 0.05) is 18.3 Å². The zero-order chi connectivity index (χ0) is 15.2. The third-order valence-electron chi connectivity index (χ3n) is 5.29. The fraction of sp³-hybridized carbons (Fsp3) is 0.684. The van der Waals surface area contributed by atoms with Crippen LogP contribution in [0.5, 0.6) is 0 Å². The lowest BCUT2D eigenvalue weighted by atomic mass is 9.78. The molecule has 1 aliphatic carbocycles. The van der Waals surface area contributed by atoms with Crippen molar-refractivity contribution in [3.05, 3.63) is 29.8 Å². The van der Waals surface area contributed by atoms with E-state index in [-0.39, 0.29) is 0 Å². The van der Waals surface area contributed by atoms with Gasteiger partial charge in [-0.1, -0.05) is 52.7 Å². The first-order valence-corrected chi connectivity index (χ1v) is 8.71. The summed E-state index contributed by atoms with van der Waals surface area (Å²) in [6, 6.07) is 9.63. The predicted molar refractivity (Wildman–Crippen MR) is 92.7 cm³/mol. The van der Waals surface area contributed by atoms with E-state index in [4.69, 9.17) is 0 Å². The number of hydrogen-bond acceptors (Lipinski definition) is 2. The summed E-state index contributed by atoms with van der Waals surface area (Å²) < 4.78 is 0. The molecule has 0 bridgehead atoms. The lowest BCUT2D eigenvalue weighted by molar-refractivity contribution is 0.253. The van der Waals surface area contributed by atoms with Crippen LogP contribution in [0.4, 0.5) is 5.69 Å². The first-order chi connectivity index (χ1) is 10.1. The molecule has 1 aliphatic rings. The molecule has 2 rings (SSSR count). The van der Waals surface area contributed by atoms with Crippen LogP contribution in [0, 0.1) is 11.8 Å². The van der Waals surface area contributed by atoms with Gasteiger partial charge in [-0.05, 0) is 49.0 Å². The van der Waals surface area contributed by atoms with Gasteiger partial charge in [0.15, 0.2) is 0 Å². The number of nitrogens with one attached hydrogen (secondary N) is 1. The summed E-state index contributed by atoms with van der Waals surface area (Å²) in [4.78, 5) is 2.46. The number of rotatable bonds is 6. The van der Waals surface area contributed by atoms with Gasteiger partial charge in [0.25, 0.3) is 0 Å². The maximum absolute atomic E-state index is 3.79. The second-order valence-corrected chi connectivity index (χ2v) is 6.68. The predicted octanol–water partition coefficient (Wildman–Crippen LogP) is 4.77. The summed E-state index contributed by atoms with van der Waals surface area (Å²) in [5.74, 6) is 1.61. The Morgan fingerprint density at radius 3 is 2.62 bits per heavy atom. The molecular formula is C19H32N2. The third-order valence-corrected chi connectivity index (χ3v) is 5.29. The molecule has 118 valence electrons. The molecule has 2 heteroatoms. The fourth-order valence-electron chi connectivity index (χ4n) is 3.46. The minimum atomic E-state index is 0.637. The average Bonchev–Trinajstić information content (AvgIpc) is 2.50. The average molecular weight is 288 g/mol. The van der Waals surface area contributed by atoms with Crippen LogP contribution >= 0.6 is 0 Å². The molecule has 1 saturated carbocycles. The zero-order valence-corrected chi connectivity index (χ0v) is 14.2. The Morgan fingerprint density at radius 2 is 1.90 bits per heavy atom. The Morgan fingerprint density at radius 1 is 1.14 bits per heavy atom. The van der Waals surface area contributed by atoms with E-state index >= 15 is 0 Å². The van der Waals surface area contributed by atoms with Crippen molar-refractivity contribution in [1.82, 2.24) is 4.90 Å². The van der Waals surface area contributed by atoms with Gasteiger partial charge in [0.1, 0.15) is 0 Å². The van der Waals surface area contributed by atoms with Crippen molar-refractivity contribution in [3.63, 3.8) is 0 Å². The summed E-state index contributed by atoms with van der Waals surface area (Å²) in [5, 5.41) is 3.79. The van der Waals surface area contributed by atoms with Crippen molar-refractivity contribution in [2.45, 2.75) is 59.5 Å². The minimum absolute atomic E-state index is 0.637. The molecule has 1 fully saturated rings. The number of benzene rings is 1. The number of nitrogens with zero attached hydrogens (tertiary/aromatic N) is 1. The zero-order valence-electron chi connectivity index (χ0n) is 14.2. The summed E-state index contributed by atoms with van der Waals surface area (Å²) in [6.07, 6.45) is 4.06. The van der Waals surface area contributed by atoms with Gasteiger partial charge < -0.3 is 5.32 Å². The summed E-state index contributed by atoms with van der Waals surface area (Å²) >= 11 is 0. The van der Waals surface area contributed by atoms with Gasteiger partial charge in [0.05, 0.1) is 0 Å². The molecule has 21 heavy (non-hydrogen) atoms. The van der Waals surface area contributed by atoms with Crippen LogP contribution in [0.25, 0.3) is 0 Å². The van der Waals surface area contributed by atoms with Crippen LogP contribution in [-0.4, -0.2) is 24.0 Å². The maximum Gasteiger partial charge on any atom is 0.0345 e. The minimum Gasteiger partial charge on any atom is -0.382 e. The van der Waals surface area contributed by atoms with Crippen LogP contribution in [0.15, 0.2) is 24.3 Å². The first kappa shape index (κ1) is 16.4. The van der Waals surface area contributed by atoms with Gasteiger partial charge in [-0.15, -0.1) is 0 Å².